The predicted molar refractivity (Wildman–Crippen MR) is 404 cm³/mol. The van der Waals surface area contributed by atoms with E-state index in [2.05, 4.69) is 33.0 Å². The Kier molecular flexibility index (Phi) is 58.5. The van der Waals surface area contributed by atoms with Crippen LogP contribution in [0.15, 0.2) is 47.1 Å². The maximum atomic E-state index is 14.8. The first-order valence-corrected chi connectivity index (χ1v) is 41.5. The molecule has 1 N–H and O–H groups in total. The van der Waals surface area contributed by atoms with Crippen molar-refractivity contribution in [1.82, 2.24) is 5.32 Å². The Balaban J connectivity index is 2.19. The van der Waals surface area contributed by atoms with E-state index < -0.39 is 67.2 Å². The molecule has 0 saturated heterocycles. The smallest absolute Gasteiger partial charge is 0.336 e. The van der Waals surface area contributed by atoms with Gasteiger partial charge in [-0.05, 0) is 45.6 Å². The maximum absolute atomic E-state index is 14.8. The number of hydrogen-bond donors (Lipinski definition) is 1. The molecule has 0 aromatic carbocycles. The lowest BCUT2D eigenvalue weighted by molar-refractivity contribution is -0.671. The van der Waals surface area contributed by atoms with Crippen LogP contribution in [0.5, 0.6) is 0 Å². The Hall–Kier alpha value is -4.75. The molecule has 0 radical (unpaired) electrons. The SMILES string of the molecule is CCCCCCCCCCCCCCCC(=O)OCC(COC(=O)C1=C(C)NC(C)=C(C(=O)OCC(COC(=O)CCCCCCCCCCCCCCC)OC(=O)CCCCCCCCCCCCCCC)C1c1ccc[n+](C)c1)OC(=O)CCCCCCCCCCCCCCC. The zero-order valence-corrected chi connectivity index (χ0v) is 64.8. The van der Waals surface area contributed by atoms with Crippen molar-refractivity contribution in [3.63, 3.8) is 0 Å². The van der Waals surface area contributed by atoms with Crippen molar-refractivity contribution in [1.29, 1.82) is 0 Å². The normalized spacial score (nSPS) is 13.7. The van der Waals surface area contributed by atoms with E-state index >= 15 is 0 Å². The minimum absolute atomic E-state index is 0.137. The van der Waals surface area contributed by atoms with Gasteiger partial charge in [0.15, 0.2) is 24.6 Å². The van der Waals surface area contributed by atoms with Crippen molar-refractivity contribution < 1.29 is 61.8 Å². The Morgan fingerprint density at radius 2 is 0.576 bits per heavy atom. The van der Waals surface area contributed by atoms with Crippen molar-refractivity contribution in [3.8, 4) is 0 Å². The standard InChI is InChI=1S/C85H148N2O12/c1-8-12-16-20-24-28-32-36-40-44-48-52-56-62-77(88)94-68-75(98-79(90)64-58-54-50-46-42-38-34-30-26-22-18-14-10-3)70-96-84(92)81-72(5)86-73(6)82(83(81)74-61-60-66-87(7)67-74)85(93)97-71-76(99-80(91)65-59-55-51-47-43-39-35-31-27-23-19-15-11-4)69-95-78(89)63-57-53-49-45-41-37-33-29-25-21-17-13-9-2/h60-61,66-67,75-76,83H,8-59,62-65,68-71H2,1-7H3/p+1. The lowest BCUT2D eigenvalue weighted by Gasteiger charge is -2.30. The molecule has 99 heavy (non-hydrogen) atoms. The van der Waals surface area contributed by atoms with Crippen molar-refractivity contribution in [3.05, 3.63) is 52.6 Å². The molecule has 0 saturated carbocycles. The average Bonchev–Trinajstić information content (AvgIpc) is 0.767. The number of pyridine rings is 1. The van der Waals surface area contributed by atoms with Crippen LogP contribution in [-0.4, -0.2) is 74.5 Å². The van der Waals surface area contributed by atoms with Gasteiger partial charge in [-0.25, -0.2) is 14.2 Å². The van der Waals surface area contributed by atoms with Gasteiger partial charge in [0, 0.05) is 48.7 Å². The first-order valence-electron chi connectivity index (χ1n) is 41.5. The highest BCUT2D eigenvalue weighted by molar-refractivity contribution is 6.00. The zero-order valence-electron chi connectivity index (χ0n) is 64.8. The Morgan fingerprint density at radius 1 is 0.343 bits per heavy atom. The summed E-state index contributed by atoms with van der Waals surface area (Å²) in [5.41, 5.74) is 1.77. The van der Waals surface area contributed by atoms with Gasteiger partial charge >= 0.3 is 35.8 Å². The molecule has 1 aromatic rings. The molecular formula is C85H149N2O12+. The molecule has 2 rings (SSSR count). The third-order valence-corrected chi connectivity index (χ3v) is 19.7. The van der Waals surface area contributed by atoms with E-state index in [1.807, 2.05) is 36.1 Å². The summed E-state index contributed by atoms with van der Waals surface area (Å²) in [4.78, 5) is 83.0. The number of esters is 6. The monoisotopic (exact) mass is 1390 g/mol. The topological polar surface area (TPSA) is 174 Å². The van der Waals surface area contributed by atoms with Gasteiger partial charge in [-0.1, -0.05) is 336 Å². The van der Waals surface area contributed by atoms with Crippen LogP contribution in [0.4, 0.5) is 0 Å². The molecule has 14 heteroatoms. The largest absolute Gasteiger partial charge is 0.462 e. The van der Waals surface area contributed by atoms with Gasteiger partial charge in [0.2, 0.25) is 0 Å². The van der Waals surface area contributed by atoms with E-state index in [4.69, 9.17) is 28.4 Å². The van der Waals surface area contributed by atoms with Crippen LogP contribution in [0, 0.1) is 0 Å². The van der Waals surface area contributed by atoms with E-state index in [0.717, 1.165) is 77.0 Å². The van der Waals surface area contributed by atoms with Crippen LogP contribution in [-0.2, 0) is 64.2 Å². The van der Waals surface area contributed by atoms with Gasteiger partial charge in [-0.15, -0.1) is 0 Å². The third kappa shape index (κ3) is 49.5. The van der Waals surface area contributed by atoms with Crippen LogP contribution >= 0.6 is 0 Å². The molecule has 0 bridgehead atoms. The maximum Gasteiger partial charge on any atom is 0.336 e. The van der Waals surface area contributed by atoms with Crippen molar-refractivity contribution in [2.75, 3.05) is 26.4 Å². The number of carbonyl (C=O) groups is 6. The van der Waals surface area contributed by atoms with Gasteiger partial charge < -0.3 is 33.7 Å². The molecule has 1 aliphatic heterocycles. The molecule has 2 atom stereocenters. The molecular weight excluding hydrogens is 1240 g/mol. The van der Waals surface area contributed by atoms with E-state index in [0.29, 0.717) is 42.6 Å². The van der Waals surface area contributed by atoms with E-state index in [9.17, 15) is 28.8 Å². The zero-order chi connectivity index (χ0) is 71.9. The predicted octanol–water partition coefficient (Wildman–Crippen LogP) is 22.7. The van der Waals surface area contributed by atoms with Crippen LogP contribution in [0.2, 0.25) is 0 Å². The van der Waals surface area contributed by atoms with Crippen LogP contribution in [0.1, 0.15) is 413 Å². The number of aryl methyl sites for hydroxylation is 1. The molecule has 1 aliphatic rings. The second-order valence-electron chi connectivity index (χ2n) is 29.2. The Bertz CT molecular complexity index is 2150. The van der Waals surface area contributed by atoms with Gasteiger partial charge in [-0.3, -0.25) is 19.2 Å². The highest BCUT2D eigenvalue weighted by atomic mass is 16.6. The van der Waals surface area contributed by atoms with E-state index in [1.165, 1.54) is 231 Å². The number of carbonyl (C=O) groups excluding carboxylic acids is 6. The molecule has 0 fully saturated rings. The summed E-state index contributed by atoms with van der Waals surface area (Å²) in [6, 6.07) is 3.65. The Labute approximate surface area is 605 Å². The fourth-order valence-corrected chi connectivity index (χ4v) is 13.5. The lowest BCUT2D eigenvalue weighted by Crippen LogP contribution is -2.37. The summed E-state index contributed by atoms with van der Waals surface area (Å²) in [7, 11) is 1.85. The molecule has 570 valence electrons. The van der Waals surface area contributed by atoms with Crippen molar-refractivity contribution in [2.45, 2.75) is 419 Å². The highest BCUT2D eigenvalue weighted by Gasteiger charge is 2.40. The van der Waals surface area contributed by atoms with Crippen LogP contribution in [0.3, 0.4) is 0 Å². The number of rotatable bonds is 69. The van der Waals surface area contributed by atoms with Gasteiger partial charge in [0.1, 0.15) is 33.5 Å². The van der Waals surface area contributed by atoms with Crippen molar-refractivity contribution >= 4 is 35.8 Å². The molecule has 0 spiro atoms. The molecule has 0 amide bonds. The molecule has 2 unspecified atom stereocenters. The van der Waals surface area contributed by atoms with E-state index in [-0.39, 0.29) is 50.0 Å². The third-order valence-electron chi connectivity index (χ3n) is 19.7. The molecule has 0 aliphatic carbocycles. The molecule has 1 aromatic heterocycles. The van der Waals surface area contributed by atoms with Crippen LogP contribution < -0.4 is 9.88 Å². The highest BCUT2D eigenvalue weighted by Crippen LogP contribution is 2.39. The average molecular weight is 1390 g/mol. The molecule has 14 nitrogen and oxygen atoms in total. The number of ether oxygens (including phenoxy) is 6. The number of dihydropyridines is 1. The quantitative estimate of drug-likeness (QED) is 0.0283. The first-order chi connectivity index (χ1) is 48.3. The number of allylic oxidation sites excluding steroid dienone is 2. The van der Waals surface area contributed by atoms with Gasteiger partial charge in [0.25, 0.3) is 0 Å². The minimum Gasteiger partial charge on any atom is -0.462 e. The first kappa shape index (κ1) is 90.3. The number of nitrogens with one attached hydrogen (secondary N) is 1. The summed E-state index contributed by atoms with van der Waals surface area (Å²) in [6.07, 6.45) is 64.1. The Morgan fingerprint density at radius 3 is 0.828 bits per heavy atom. The van der Waals surface area contributed by atoms with Gasteiger partial charge in [0.05, 0.1) is 17.1 Å². The number of unbranched alkanes of at least 4 members (excludes halogenated alkanes) is 48. The fourth-order valence-electron chi connectivity index (χ4n) is 13.5. The minimum atomic E-state index is -1.07. The van der Waals surface area contributed by atoms with Crippen LogP contribution in [0.25, 0.3) is 0 Å². The second-order valence-corrected chi connectivity index (χ2v) is 29.2. The number of hydrogen-bond acceptors (Lipinski definition) is 13. The van der Waals surface area contributed by atoms with E-state index in [1.54, 1.807) is 13.8 Å². The lowest BCUT2D eigenvalue weighted by atomic mass is 9.81. The summed E-state index contributed by atoms with van der Waals surface area (Å²) in [5.74, 6) is -4.20. The fraction of sp³-hybridized carbons (Fsp3) is 0.824. The second kappa shape index (κ2) is 64.1. The molecule has 2 heterocycles. The number of aromatic nitrogens is 1. The summed E-state index contributed by atoms with van der Waals surface area (Å²) < 4.78 is 37.4. The number of nitrogens with zero attached hydrogens (tertiary/aromatic N) is 1. The summed E-state index contributed by atoms with van der Waals surface area (Å²) >= 11 is 0. The van der Waals surface area contributed by atoms with Gasteiger partial charge in [-0.2, -0.15) is 0 Å². The summed E-state index contributed by atoms with van der Waals surface area (Å²) in [5, 5.41) is 3.24. The van der Waals surface area contributed by atoms with Crippen molar-refractivity contribution in [2.24, 2.45) is 7.05 Å². The summed E-state index contributed by atoms with van der Waals surface area (Å²) in [6.45, 7) is 11.1.